The maximum Gasteiger partial charge on any atom is 0.246 e. The molecule has 0 saturated carbocycles. The molecule has 10 nitrogen and oxygen atoms in total. The van der Waals surface area contributed by atoms with Gasteiger partial charge in [-0.1, -0.05) is 32.6 Å². The van der Waals surface area contributed by atoms with Gasteiger partial charge in [0.1, 0.15) is 6.29 Å². The lowest BCUT2D eigenvalue weighted by Crippen LogP contribution is -2.04. The Hall–Kier alpha value is -2.91. The van der Waals surface area contributed by atoms with Gasteiger partial charge in [-0.2, -0.15) is 0 Å². The highest BCUT2D eigenvalue weighted by molar-refractivity contribution is 5.48. The largest absolute Gasteiger partial charge is 0.303 e. The molecule has 0 fully saturated rings. The highest BCUT2D eigenvalue weighted by Crippen LogP contribution is 2.16. The Morgan fingerprint density at radius 3 is 1.70 bits per heavy atom. The first kappa shape index (κ1) is 27.1. The quantitative estimate of drug-likeness (QED) is 0.124. The van der Waals surface area contributed by atoms with Crippen molar-refractivity contribution < 1.29 is 19.6 Å². The van der Waals surface area contributed by atoms with E-state index in [4.69, 9.17) is 0 Å². The van der Waals surface area contributed by atoms with E-state index < -0.39 is 14.8 Å². The van der Waals surface area contributed by atoms with Crippen LogP contribution in [0.2, 0.25) is 0 Å². The first-order valence-corrected chi connectivity index (χ1v) is 10.3. The minimum absolute atomic E-state index is 0.109. The van der Waals surface area contributed by atoms with Gasteiger partial charge in [0.25, 0.3) is 0 Å². The smallest absolute Gasteiger partial charge is 0.246 e. The molecule has 0 aliphatic carbocycles. The molecule has 10 heteroatoms. The molecule has 0 aromatic carbocycles. The van der Waals surface area contributed by atoms with Gasteiger partial charge in [0.15, 0.2) is 0 Å². The topological polar surface area (TPSA) is 146 Å². The summed E-state index contributed by atoms with van der Waals surface area (Å²) in [4.78, 5) is 42.0. The molecule has 0 saturated heterocycles. The van der Waals surface area contributed by atoms with E-state index in [2.05, 4.69) is 0 Å². The van der Waals surface area contributed by atoms with Crippen molar-refractivity contribution in [2.75, 3.05) is 0 Å². The fourth-order valence-electron chi connectivity index (χ4n) is 2.73. The van der Waals surface area contributed by atoms with Gasteiger partial charge in [-0.3, -0.25) is 30.3 Å². The number of rotatable bonds is 18. The number of carbonyl (C=O) groups is 1. The Labute approximate surface area is 176 Å². The SMILES string of the molecule is CCCCC/C=C(\C/C=C(\C/C=C(\CCCCCCC=O)[N+](=O)[O-])[N+](=O)[O-])[N+](=O)[O-]. The Bertz CT molecular complexity index is 669. The van der Waals surface area contributed by atoms with Crippen molar-refractivity contribution in [3.63, 3.8) is 0 Å². The first-order chi connectivity index (χ1) is 14.3. The Balaban J connectivity index is 4.98. The first-order valence-electron chi connectivity index (χ1n) is 10.3. The van der Waals surface area contributed by atoms with Crippen molar-refractivity contribution in [1.29, 1.82) is 0 Å². The van der Waals surface area contributed by atoms with Crippen LogP contribution in [-0.4, -0.2) is 21.1 Å². The molecule has 0 unspecified atom stereocenters. The van der Waals surface area contributed by atoms with E-state index >= 15 is 0 Å². The van der Waals surface area contributed by atoms with Gasteiger partial charge < -0.3 is 4.79 Å². The van der Waals surface area contributed by atoms with Crippen molar-refractivity contribution >= 4 is 6.29 Å². The molecule has 0 spiro atoms. The number of aldehydes is 1. The predicted octanol–water partition coefficient (Wildman–Crippen LogP) is 5.37. The highest BCUT2D eigenvalue weighted by Gasteiger charge is 2.17. The van der Waals surface area contributed by atoms with Gasteiger partial charge in [-0.25, -0.2) is 0 Å². The second-order valence-electron chi connectivity index (χ2n) is 6.88. The number of nitro groups is 3. The Kier molecular flexibility index (Phi) is 15.3. The average Bonchev–Trinajstić information content (AvgIpc) is 2.69. The van der Waals surface area contributed by atoms with Gasteiger partial charge in [-0.15, -0.1) is 0 Å². The molecule has 0 aliphatic heterocycles. The van der Waals surface area contributed by atoms with E-state index in [-0.39, 0.29) is 36.4 Å². The van der Waals surface area contributed by atoms with Gasteiger partial charge in [-0.05, 0) is 43.9 Å². The molecule has 0 N–H and O–H groups in total. The summed E-state index contributed by atoms with van der Waals surface area (Å²) in [6.07, 6.45) is 10.9. The summed E-state index contributed by atoms with van der Waals surface area (Å²) in [7, 11) is 0. The molecule has 0 atom stereocenters. The molecule has 0 aromatic rings. The summed E-state index contributed by atoms with van der Waals surface area (Å²) in [6.45, 7) is 2.02. The van der Waals surface area contributed by atoms with Crippen LogP contribution in [0.25, 0.3) is 0 Å². The third-order valence-corrected chi connectivity index (χ3v) is 4.49. The molecule has 0 heterocycles. The number of unbranched alkanes of at least 4 members (excludes halogenated alkanes) is 7. The molecule has 0 aromatic heterocycles. The van der Waals surface area contributed by atoms with Gasteiger partial charge in [0, 0.05) is 12.8 Å². The zero-order chi connectivity index (χ0) is 22.8. The fraction of sp³-hybridized carbons (Fsp3) is 0.650. The maximum atomic E-state index is 11.2. The van der Waals surface area contributed by atoms with Crippen LogP contribution in [0.1, 0.15) is 84.0 Å². The monoisotopic (exact) mass is 425 g/mol. The molecule has 0 radical (unpaired) electrons. The number of allylic oxidation sites excluding steroid dienone is 4. The van der Waals surface area contributed by atoms with Crippen molar-refractivity contribution in [2.24, 2.45) is 0 Å². The minimum Gasteiger partial charge on any atom is -0.303 e. The number of carbonyl (C=O) groups excluding carboxylic acids is 1. The van der Waals surface area contributed by atoms with Crippen LogP contribution in [0.15, 0.2) is 35.3 Å². The highest BCUT2D eigenvalue weighted by atomic mass is 16.6. The van der Waals surface area contributed by atoms with Crippen molar-refractivity contribution in [1.82, 2.24) is 0 Å². The van der Waals surface area contributed by atoms with Crippen molar-refractivity contribution in [2.45, 2.75) is 84.0 Å². The Morgan fingerprint density at radius 2 is 1.17 bits per heavy atom. The van der Waals surface area contributed by atoms with Crippen LogP contribution in [0.3, 0.4) is 0 Å². The summed E-state index contributed by atoms with van der Waals surface area (Å²) in [5.74, 6) is 0. The van der Waals surface area contributed by atoms with Crippen LogP contribution >= 0.6 is 0 Å². The van der Waals surface area contributed by atoms with Crippen LogP contribution in [-0.2, 0) is 4.79 Å². The second kappa shape index (κ2) is 17.0. The number of nitrogens with zero attached hydrogens (tertiary/aromatic N) is 3. The zero-order valence-electron chi connectivity index (χ0n) is 17.5. The molecule has 30 heavy (non-hydrogen) atoms. The normalized spacial score (nSPS) is 12.6. The number of hydrogen-bond acceptors (Lipinski definition) is 7. The molecule has 168 valence electrons. The van der Waals surface area contributed by atoms with E-state index in [0.717, 1.165) is 50.9 Å². The zero-order valence-corrected chi connectivity index (χ0v) is 17.5. The van der Waals surface area contributed by atoms with Crippen LogP contribution in [0, 0.1) is 30.3 Å². The molecular formula is C20H31N3O7. The van der Waals surface area contributed by atoms with E-state index in [9.17, 15) is 35.1 Å². The van der Waals surface area contributed by atoms with E-state index in [1.807, 2.05) is 6.92 Å². The van der Waals surface area contributed by atoms with Crippen LogP contribution in [0.5, 0.6) is 0 Å². The van der Waals surface area contributed by atoms with Gasteiger partial charge >= 0.3 is 0 Å². The molecule has 0 bridgehead atoms. The van der Waals surface area contributed by atoms with E-state index in [0.29, 0.717) is 19.3 Å². The van der Waals surface area contributed by atoms with Crippen molar-refractivity contribution in [3.8, 4) is 0 Å². The summed E-state index contributed by atoms with van der Waals surface area (Å²) < 4.78 is 0. The fourth-order valence-corrected chi connectivity index (χ4v) is 2.73. The predicted molar refractivity (Wildman–Crippen MR) is 112 cm³/mol. The lowest BCUT2D eigenvalue weighted by Gasteiger charge is -2.00. The summed E-state index contributed by atoms with van der Waals surface area (Å²) in [6, 6.07) is 0. The third kappa shape index (κ3) is 13.3. The lowest BCUT2D eigenvalue weighted by molar-refractivity contribution is -0.434. The summed E-state index contributed by atoms with van der Waals surface area (Å²) >= 11 is 0. The van der Waals surface area contributed by atoms with E-state index in [1.165, 1.54) is 12.2 Å². The standard InChI is InChI=1S/C20H31N3O7/c1-2-3-4-8-11-18(21(25)26)13-15-20(23(29)30)16-14-19(22(27)28)12-9-6-5-7-10-17-24/h11,14-15,17H,2-10,12-13,16H2,1H3/b18-11+,19-14+,20-15+. The lowest BCUT2D eigenvalue weighted by atomic mass is 10.1. The summed E-state index contributed by atoms with van der Waals surface area (Å²) in [5, 5.41) is 33.6. The van der Waals surface area contributed by atoms with Gasteiger partial charge in [0.05, 0.1) is 27.6 Å². The average molecular weight is 425 g/mol. The Morgan fingerprint density at radius 1 is 0.667 bits per heavy atom. The summed E-state index contributed by atoms with van der Waals surface area (Å²) in [5.41, 5.74) is -0.524. The molecule has 0 rings (SSSR count). The van der Waals surface area contributed by atoms with E-state index in [1.54, 1.807) is 0 Å². The van der Waals surface area contributed by atoms with Crippen LogP contribution in [0.4, 0.5) is 0 Å². The van der Waals surface area contributed by atoms with Crippen molar-refractivity contribution in [3.05, 3.63) is 65.7 Å². The molecule has 0 amide bonds. The number of hydrogen-bond donors (Lipinski definition) is 0. The second-order valence-corrected chi connectivity index (χ2v) is 6.88. The molecular weight excluding hydrogens is 394 g/mol. The van der Waals surface area contributed by atoms with Gasteiger partial charge in [0.2, 0.25) is 17.1 Å². The van der Waals surface area contributed by atoms with Crippen LogP contribution < -0.4 is 0 Å². The molecule has 0 aliphatic rings. The third-order valence-electron chi connectivity index (χ3n) is 4.49. The maximum absolute atomic E-state index is 11.2. The minimum atomic E-state index is -0.665.